The van der Waals surface area contributed by atoms with Crippen LogP contribution in [0.1, 0.15) is 17.5 Å². The maximum absolute atomic E-state index is 5.53. The third kappa shape index (κ3) is 2.19. The second kappa shape index (κ2) is 4.96. The predicted octanol–water partition coefficient (Wildman–Crippen LogP) is 4.03. The highest BCUT2D eigenvalue weighted by Gasteiger charge is 2.16. The van der Waals surface area contributed by atoms with Gasteiger partial charge in [0, 0.05) is 17.8 Å². The van der Waals surface area contributed by atoms with Gasteiger partial charge in [-0.2, -0.15) is 0 Å². The number of hydrogen-bond donors (Lipinski definition) is 1. The van der Waals surface area contributed by atoms with E-state index in [-0.39, 0.29) is 0 Å². The first-order valence-corrected chi connectivity index (χ1v) is 6.80. The van der Waals surface area contributed by atoms with E-state index in [0.29, 0.717) is 0 Å². The van der Waals surface area contributed by atoms with Gasteiger partial charge in [-0.25, -0.2) is 0 Å². The molecule has 0 atom stereocenters. The van der Waals surface area contributed by atoms with Gasteiger partial charge >= 0.3 is 0 Å². The number of anilines is 1. The standard InChI is InChI=1S/C17H19NO/c1-12-8-9-17(19-2)15(11-12)13-5-3-7-16-14(13)6-4-10-18-16/h3,5,7-9,11,18H,4,6,10H2,1-2H3. The molecule has 2 heteroatoms. The van der Waals surface area contributed by atoms with Crippen LogP contribution < -0.4 is 10.1 Å². The average Bonchev–Trinajstić information content (AvgIpc) is 2.46. The van der Waals surface area contributed by atoms with Crippen LogP contribution in [0.25, 0.3) is 11.1 Å². The molecule has 0 aromatic heterocycles. The number of methoxy groups -OCH3 is 1. The predicted molar refractivity (Wildman–Crippen MR) is 80.0 cm³/mol. The van der Waals surface area contributed by atoms with E-state index >= 15 is 0 Å². The summed E-state index contributed by atoms with van der Waals surface area (Å²) in [5.41, 5.74) is 6.44. The van der Waals surface area contributed by atoms with Gasteiger partial charge in [-0.1, -0.05) is 23.8 Å². The Labute approximate surface area is 114 Å². The van der Waals surface area contributed by atoms with Crippen molar-refractivity contribution in [3.05, 3.63) is 47.5 Å². The Hall–Kier alpha value is -1.96. The lowest BCUT2D eigenvalue weighted by molar-refractivity contribution is 0.416. The van der Waals surface area contributed by atoms with Crippen molar-refractivity contribution in [3.8, 4) is 16.9 Å². The van der Waals surface area contributed by atoms with Crippen molar-refractivity contribution in [3.63, 3.8) is 0 Å². The normalized spacial score (nSPS) is 13.6. The Bertz CT molecular complexity index is 604. The summed E-state index contributed by atoms with van der Waals surface area (Å²) in [6.07, 6.45) is 2.33. The molecule has 0 saturated heterocycles. The summed E-state index contributed by atoms with van der Waals surface area (Å²) in [7, 11) is 1.74. The van der Waals surface area contributed by atoms with E-state index in [1.807, 2.05) is 0 Å². The number of aryl methyl sites for hydroxylation is 1. The number of hydrogen-bond acceptors (Lipinski definition) is 2. The van der Waals surface area contributed by atoms with E-state index in [1.54, 1.807) is 7.11 Å². The molecule has 0 amide bonds. The zero-order valence-corrected chi connectivity index (χ0v) is 11.5. The fourth-order valence-electron chi connectivity index (χ4n) is 2.79. The molecule has 19 heavy (non-hydrogen) atoms. The summed E-state index contributed by atoms with van der Waals surface area (Å²) < 4.78 is 5.53. The van der Waals surface area contributed by atoms with Gasteiger partial charge in [0.15, 0.2) is 0 Å². The number of benzene rings is 2. The SMILES string of the molecule is COc1ccc(C)cc1-c1cccc2c1CCCN2. The molecule has 0 fully saturated rings. The third-order valence-corrected chi connectivity index (χ3v) is 3.74. The summed E-state index contributed by atoms with van der Waals surface area (Å²) in [5, 5.41) is 3.48. The first kappa shape index (κ1) is 12.1. The van der Waals surface area contributed by atoms with Crippen molar-refractivity contribution in [2.24, 2.45) is 0 Å². The molecule has 0 aliphatic carbocycles. The van der Waals surface area contributed by atoms with Crippen LogP contribution >= 0.6 is 0 Å². The Balaban J connectivity index is 2.19. The minimum absolute atomic E-state index is 0.949. The largest absolute Gasteiger partial charge is 0.496 e. The molecule has 3 rings (SSSR count). The number of rotatable bonds is 2. The van der Waals surface area contributed by atoms with Gasteiger partial charge in [0.05, 0.1) is 7.11 Å². The molecule has 0 spiro atoms. The monoisotopic (exact) mass is 253 g/mol. The van der Waals surface area contributed by atoms with Crippen LogP contribution in [0.3, 0.4) is 0 Å². The van der Waals surface area contributed by atoms with Crippen LogP contribution in [-0.4, -0.2) is 13.7 Å². The Morgan fingerprint density at radius 3 is 2.84 bits per heavy atom. The van der Waals surface area contributed by atoms with Gasteiger partial charge in [0.2, 0.25) is 0 Å². The van der Waals surface area contributed by atoms with Gasteiger partial charge < -0.3 is 10.1 Å². The molecular formula is C17H19NO. The maximum atomic E-state index is 5.53. The summed E-state index contributed by atoms with van der Waals surface area (Å²) in [5.74, 6) is 0.949. The zero-order valence-electron chi connectivity index (χ0n) is 11.5. The van der Waals surface area contributed by atoms with Crippen molar-refractivity contribution < 1.29 is 4.74 Å². The first-order valence-electron chi connectivity index (χ1n) is 6.80. The van der Waals surface area contributed by atoms with Crippen molar-refractivity contribution in [2.45, 2.75) is 19.8 Å². The Morgan fingerprint density at radius 1 is 1.11 bits per heavy atom. The smallest absolute Gasteiger partial charge is 0.126 e. The van der Waals surface area contributed by atoms with Gasteiger partial charge in [-0.15, -0.1) is 0 Å². The van der Waals surface area contributed by atoms with Gasteiger partial charge in [0.25, 0.3) is 0 Å². The van der Waals surface area contributed by atoms with Crippen LogP contribution in [-0.2, 0) is 6.42 Å². The fraction of sp³-hybridized carbons (Fsp3) is 0.294. The van der Waals surface area contributed by atoms with Crippen molar-refractivity contribution in [1.29, 1.82) is 0 Å². The lowest BCUT2D eigenvalue weighted by atomic mass is 9.92. The van der Waals surface area contributed by atoms with Gasteiger partial charge in [0.1, 0.15) is 5.75 Å². The Kier molecular flexibility index (Phi) is 3.16. The molecule has 2 aromatic carbocycles. The molecule has 1 N–H and O–H groups in total. The second-order valence-electron chi connectivity index (χ2n) is 5.07. The molecule has 0 saturated carbocycles. The van der Waals surface area contributed by atoms with Crippen LogP contribution in [0, 0.1) is 6.92 Å². The van der Waals surface area contributed by atoms with E-state index in [2.05, 4.69) is 48.6 Å². The average molecular weight is 253 g/mol. The maximum Gasteiger partial charge on any atom is 0.126 e. The zero-order chi connectivity index (χ0) is 13.2. The molecule has 0 radical (unpaired) electrons. The summed E-state index contributed by atoms with van der Waals surface area (Å²) >= 11 is 0. The molecule has 0 bridgehead atoms. The molecule has 2 aromatic rings. The van der Waals surface area contributed by atoms with E-state index < -0.39 is 0 Å². The van der Waals surface area contributed by atoms with E-state index in [1.165, 1.54) is 34.4 Å². The number of nitrogens with one attached hydrogen (secondary N) is 1. The topological polar surface area (TPSA) is 21.3 Å². The van der Waals surface area contributed by atoms with Crippen LogP contribution in [0.5, 0.6) is 5.75 Å². The minimum atomic E-state index is 0.949. The highest BCUT2D eigenvalue weighted by atomic mass is 16.5. The molecule has 98 valence electrons. The molecule has 1 aliphatic heterocycles. The molecule has 1 heterocycles. The highest BCUT2D eigenvalue weighted by Crippen LogP contribution is 2.37. The number of fused-ring (bicyclic) bond motifs is 1. The van der Waals surface area contributed by atoms with Crippen LogP contribution in [0.4, 0.5) is 5.69 Å². The Morgan fingerprint density at radius 2 is 2.00 bits per heavy atom. The lowest BCUT2D eigenvalue weighted by Gasteiger charge is -2.22. The van der Waals surface area contributed by atoms with Crippen molar-refractivity contribution in [2.75, 3.05) is 19.0 Å². The summed E-state index contributed by atoms with van der Waals surface area (Å²) in [4.78, 5) is 0. The number of ether oxygens (including phenoxy) is 1. The van der Waals surface area contributed by atoms with E-state index in [0.717, 1.165) is 18.7 Å². The van der Waals surface area contributed by atoms with Gasteiger partial charge in [-0.3, -0.25) is 0 Å². The van der Waals surface area contributed by atoms with Gasteiger partial charge in [-0.05, 0) is 49.1 Å². The molecule has 1 aliphatic rings. The fourth-order valence-corrected chi connectivity index (χ4v) is 2.79. The van der Waals surface area contributed by atoms with Crippen LogP contribution in [0.2, 0.25) is 0 Å². The minimum Gasteiger partial charge on any atom is -0.496 e. The summed E-state index contributed by atoms with van der Waals surface area (Å²) in [6.45, 7) is 3.19. The third-order valence-electron chi connectivity index (χ3n) is 3.74. The second-order valence-corrected chi connectivity index (χ2v) is 5.07. The lowest BCUT2D eigenvalue weighted by Crippen LogP contribution is -2.12. The highest BCUT2D eigenvalue weighted by molar-refractivity contribution is 5.79. The van der Waals surface area contributed by atoms with Crippen molar-refractivity contribution in [1.82, 2.24) is 0 Å². The quantitative estimate of drug-likeness (QED) is 0.872. The van der Waals surface area contributed by atoms with E-state index in [4.69, 9.17) is 4.74 Å². The van der Waals surface area contributed by atoms with E-state index in [9.17, 15) is 0 Å². The molecule has 2 nitrogen and oxygen atoms in total. The first-order chi connectivity index (χ1) is 9.29. The van der Waals surface area contributed by atoms with Crippen molar-refractivity contribution >= 4 is 5.69 Å². The summed E-state index contributed by atoms with van der Waals surface area (Å²) in [6, 6.07) is 12.8. The molecule has 0 unspecified atom stereocenters. The van der Waals surface area contributed by atoms with Crippen LogP contribution in [0.15, 0.2) is 36.4 Å². The molecular weight excluding hydrogens is 234 g/mol.